The molecule has 0 bridgehead atoms. The SMILES string of the molecule is O=C(Nc1ccc2cc[nH]c2c1)NC1CCSc2ccccc21. The molecule has 0 radical (unpaired) electrons. The Morgan fingerprint density at radius 1 is 1.17 bits per heavy atom. The summed E-state index contributed by atoms with van der Waals surface area (Å²) in [7, 11) is 0. The van der Waals surface area contributed by atoms with E-state index >= 15 is 0 Å². The Balaban J connectivity index is 1.48. The standard InChI is InChI=1S/C18H17N3OS/c22-18(20-13-6-5-12-7-9-19-16(12)11-13)21-15-8-10-23-17-4-2-1-3-14(15)17/h1-7,9,11,15,19H,8,10H2,(H2,20,21,22). The van der Waals surface area contributed by atoms with Gasteiger partial charge in [0.05, 0.1) is 6.04 Å². The first-order chi connectivity index (χ1) is 11.3. The molecule has 1 unspecified atom stereocenters. The number of hydrogen-bond acceptors (Lipinski definition) is 2. The number of hydrogen-bond donors (Lipinski definition) is 3. The number of thioether (sulfide) groups is 1. The predicted molar refractivity (Wildman–Crippen MR) is 95.0 cm³/mol. The minimum Gasteiger partial charge on any atom is -0.361 e. The zero-order valence-corrected chi connectivity index (χ0v) is 13.3. The molecule has 4 rings (SSSR count). The van der Waals surface area contributed by atoms with Crippen LogP contribution in [0.3, 0.4) is 0 Å². The summed E-state index contributed by atoms with van der Waals surface area (Å²) < 4.78 is 0. The lowest BCUT2D eigenvalue weighted by molar-refractivity contribution is 0.248. The minimum atomic E-state index is -0.164. The van der Waals surface area contributed by atoms with E-state index in [-0.39, 0.29) is 12.1 Å². The van der Waals surface area contributed by atoms with Crippen molar-refractivity contribution in [3.8, 4) is 0 Å². The lowest BCUT2D eigenvalue weighted by Gasteiger charge is -2.25. The van der Waals surface area contributed by atoms with E-state index in [2.05, 4.69) is 27.8 Å². The lowest BCUT2D eigenvalue weighted by Crippen LogP contribution is -2.34. The molecule has 1 aliphatic heterocycles. The molecule has 0 saturated heterocycles. The van der Waals surface area contributed by atoms with E-state index in [1.165, 1.54) is 10.5 Å². The molecule has 0 spiro atoms. The third-order valence-electron chi connectivity index (χ3n) is 4.08. The Kier molecular flexibility index (Phi) is 3.71. The van der Waals surface area contributed by atoms with Crippen molar-refractivity contribution in [1.29, 1.82) is 0 Å². The molecule has 0 aliphatic carbocycles. The van der Waals surface area contributed by atoms with Gasteiger partial charge in [-0.25, -0.2) is 4.79 Å². The van der Waals surface area contributed by atoms with Gasteiger partial charge in [0, 0.05) is 28.0 Å². The first-order valence-corrected chi connectivity index (χ1v) is 8.64. The molecule has 116 valence electrons. The van der Waals surface area contributed by atoms with Crippen LogP contribution in [-0.2, 0) is 0 Å². The van der Waals surface area contributed by atoms with Gasteiger partial charge in [0.15, 0.2) is 0 Å². The summed E-state index contributed by atoms with van der Waals surface area (Å²) >= 11 is 1.85. The number of amides is 2. The van der Waals surface area contributed by atoms with Crippen LogP contribution >= 0.6 is 11.8 Å². The van der Waals surface area contributed by atoms with Crippen LogP contribution in [0.2, 0.25) is 0 Å². The third kappa shape index (κ3) is 2.92. The number of anilines is 1. The summed E-state index contributed by atoms with van der Waals surface area (Å²) in [5, 5.41) is 7.15. The van der Waals surface area contributed by atoms with Crippen molar-refractivity contribution in [2.45, 2.75) is 17.4 Å². The molecule has 2 heterocycles. The van der Waals surface area contributed by atoms with Gasteiger partial charge < -0.3 is 15.6 Å². The van der Waals surface area contributed by atoms with Crippen molar-refractivity contribution >= 4 is 34.4 Å². The number of aromatic nitrogens is 1. The van der Waals surface area contributed by atoms with Gasteiger partial charge in [0.1, 0.15) is 0 Å². The van der Waals surface area contributed by atoms with Gasteiger partial charge >= 0.3 is 6.03 Å². The lowest BCUT2D eigenvalue weighted by atomic mass is 10.0. The Morgan fingerprint density at radius 2 is 2.09 bits per heavy atom. The van der Waals surface area contributed by atoms with Crippen LogP contribution in [-0.4, -0.2) is 16.8 Å². The van der Waals surface area contributed by atoms with Crippen LogP contribution in [0.25, 0.3) is 10.9 Å². The van der Waals surface area contributed by atoms with Gasteiger partial charge in [0.2, 0.25) is 0 Å². The summed E-state index contributed by atoms with van der Waals surface area (Å²) in [5.74, 6) is 1.02. The van der Waals surface area contributed by atoms with Crippen LogP contribution < -0.4 is 10.6 Å². The molecule has 1 aliphatic rings. The topological polar surface area (TPSA) is 56.9 Å². The zero-order valence-electron chi connectivity index (χ0n) is 12.5. The molecule has 1 atom stereocenters. The van der Waals surface area contributed by atoms with Crippen LogP contribution in [0.15, 0.2) is 59.6 Å². The summed E-state index contributed by atoms with van der Waals surface area (Å²) in [5.41, 5.74) is 3.01. The maximum Gasteiger partial charge on any atom is 0.319 e. The Bertz CT molecular complexity index is 858. The van der Waals surface area contributed by atoms with Crippen molar-refractivity contribution < 1.29 is 4.79 Å². The Morgan fingerprint density at radius 3 is 3.04 bits per heavy atom. The highest BCUT2D eigenvalue weighted by Crippen LogP contribution is 2.35. The molecule has 23 heavy (non-hydrogen) atoms. The number of urea groups is 1. The molecule has 5 heteroatoms. The number of carbonyl (C=O) groups excluding carboxylic acids is 1. The molecule has 1 aromatic heterocycles. The smallest absolute Gasteiger partial charge is 0.319 e. The highest BCUT2D eigenvalue weighted by Gasteiger charge is 2.21. The second kappa shape index (κ2) is 6.01. The average Bonchev–Trinajstić information content (AvgIpc) is 3.03. The van der Waals surface area contributed by atoms with E-state index in [1.807, 2.05) is 54.4 Å². The average molecular weight is 323 g/mol. The molecule has 4 nitrogen and oxygen atoms in total. The molecule has 3 aromatic rings. The van der Waals surface area contributed by atoms with Gasteiger partial charge in [-0.05, 0) is 41.6 Å². The van der Waals surface area contributed by atoms with Crippen molar-refractivity contribution in [2.24, 2.45) is 0 Å². The van der Waals surface area contributed by atoms with Gasteiger partial charge in [0.25, 0.3) is 0 Å². The van der Waals surface area contributed by atoms with Gasteiger partial charge in [-0.15, -0.1) is 11.8 Å². The quantitative estimate of drug-likeness (QED) is 0.649. The van der Waals surface area contributed by atoms with Crippen molar-refractivity contribution in [3.63, 3.8) is 0 Å². The summed E-state index contributed by atoms with van der Waals surface area (Å²) in [6, 6.07) is 16.0. The number of aromatic amines is 1. The molecule has 2 amide bonds. The monoisotopic (exact) mass is 323 g/mol. The van der Waals surface area contributed by atoms with Crippen LogP contribution in [0.1, 0.15) is 18.0 Å². The summed E-state index contributed by atoms with van der Waals surface area (Å²) in [6.07, 6.45) is 2.84. The molecular formula is C18H17N3OS. The Labute approximate surface area is 138 Å². The predicted octanol–water partition coefficient (Wildman–Crippen LogP) is 4.53. The Hall–Kier alpha value is -2.40. The number of H-pyrrole nitrogens is 1. The maximum absolute atomic E-state index is 12.3. The highest BCUT2D eigenvalue weighted by molar-refractivity contribution is 7.99. The minimum absolute atomic E-state index is 0.0710. The summed E-state index contributed by atoms with van der Waals surface area (Å²) in [6.45, 7) is 0. The highest BCUT2D eigenvalue weighted by atomic mass is 32.2. The summed E-state index contributed by atoms with van der Waals surface area (Å²) in [4.78, 5) is 16.7. The normalized spacial score (nSPS) is 16.8. The maximum atomic E-state index is 12.3. The fourth-order valence-corrected chi connectivity index (χ4v) is 4.07. The molecule has 3 N–H and O–H groups in total. The van der Waals surface area contributed by atoms with Crippen LogP contribution in [0.5, 0.6) is 0 Å². The molecular weight excluding hydrogens is 306 g/mol. The molecule has 0 saturated carbocycles. The van der Waals surface area contributed by atoms with E-state index in [4.69, 9.17) is 0 Å². The number of benzene rings is 2. The van der Waals surface area contributed by atoms with Gasteiger partial charge in [-0.1, -0.05) is 24.3 Å². The number of fused-ring (bicyclic) bond motifs is 2. The van der Waals surface area contributed by atoms with Gasteiger partial charge in [-0.3, -0.25) is 0 Å². The van der Waals surface area contributed by atoms with Crippen molar-refractivity contribution in [3.05, 3.63) is 60.3 Å². The molecule has 2 aromatic carbocycles. The van der Waals surface area contributed by atoms with Crippen molar-refractivity contribution in [1.82, 2.24) is 10.3 Å². The number of carbonyl (C=O) groups is 1. The number of rotatable bonds is 2. The first kappa shape index (κ1) is 14.2. The van der Waals surface area contributed by atoms with Crippen LogP contribution in [0.4, 0.5) is 10.5 Å². The second-order valence-corrected chi connectivity index (χ2v) is 6.74. The fraction of sp³-hybridized carbons (Fsp3) is 0.167. The number of nitrogens with one attached hydrogen (secondary N) is 3. The fourth-order valence-electron chi connectivity index (χ4n) is 2.94. The van der Waals surface area contributed by atoms with E-state index in [9.17, 15) is 4.79 Å². The first-order valence-electron chi connectivity index (χ1n) is 7.66. The van der Waals surface area contributed by atoms with Crippen molar-refractivity contribution in [2.75, 3.05) is 11.1 Å². The second-order valence-electron chi connectivity index (χ2n) is 5.61. The van der Waals surface area contributed by atoms with E-state index < -0.39 is 0 Å². The molecule has 0 fully saturated rings. The van der Waals surface area contributed by atoms with E-state index in [0.29, 0.717) is 0 Å². The van der Waals surface area contributed by atoms with Crippen LogP contribution in [0, 0.1) is 0 Å². The zero-order chi connectivity index (χ0) is 15.6. The van der Waals surface area contributed by atoms with E-state index in [0.717, 1.165) is 28.8 Å². The van der Waals surface area contributed by atoms with E-state index in [1.54, 1.807) is 0 Å². The third-order valence-corrected chi connectivity index (χ3v) is 5.20. The largest absolute Gasteiger partial charge is 0.361 e. The van der Waals surface area contributed by atoms with Gasteiger partial charge in [-0.2, -0.15) is 0 Å².